The van der Waals surface area contributed by atoms with Crippen molar-refractivity contribution in [1.29, 1.82) is 0 Å². The standard InChI is InChI=1S/C24H33N3O4/c1-16(2)17-6-8-19(9-7-17)27-22(29)20(25-23(27)30)10-11-21(28)26-14-13-24(31)12-4-3-5-18(24)15-26/h6-9,16,18,20,31H,3-5,10-15H2,1-2H3,(H,25,30)/t18-,20-,24+/m1/s1. The van der Waals surface area contributed by atoms with Crippen molar-refractivity contribution in [2.45, 2.75) is 76.4 Å². The Balaban J connectivity index is 1.33. The predicted molar refractivity (Wildman–Crippen MR) is 118 cm³/mol. The minimum atomic E-state index is -0.683. The first kappa shape index (κ1) is 21.8. The quantitative estimate of drug-likeness (QED) is 0.707. The van der Waals surface area contributed by atoms with E-state index in [-0.39, 0.29) is 30.6 Å². The van der Waals surface area contributed by atoms with Crippen LogP contribution in [0.25, 0.3) is 0 Å². The zero-order valence-corrected chi connectivity index (χ0v) is 18.5. The van der Waals surface area contributed by atoms with Crippen molar-refractivity contribution < 1.29 is 19.5 Å². The van der Waals surface area contributed by atoms with E-state index in [1.165, 1.54) is 4.90 Å². The summed E-state index contributed by atoms with van der Waals surface area (Å²) in [6.45, 7) is 5.33. The minimum absolute atomic E-state index is 0.00518. The molecule has 0 aromatic heterocycles. The summed E-state index contributed by atoms with van der Waals surface area (Å²) < 4.78 is 0. The third-order valence-corrected chi connectivity index (χ3v) is 7.26. The van der Waals surface area contributed by atoms with Gasteiger partial charge in [-0.15, -0.1) is 0 Å². The summed E-state index contributed by atoms with van der Waals surface area (Å²) in [4.78, 5) is 41.0. The average molecular weight is 428 g/mol. The Hall–Kier alpha value is -2.41. The molecule has 0 spiro atoms. The van der Waals surface area contributed by atoms with Gasteiger partial charge >= 0.3 is 6.03 Å². The molecule has 4 amide bonds. The van der Waals surface area contributed by atoms with E-state index >= 15 is 0 Å². The van der Waals surface area contributed by atoms with Gasteiger partial charge in [-0.25, -0.2) is 9.69 Å². The number of fused-ring (bicyclic) bond motifs is 1. The zero-order chi connectivity index (χ0) is 22.2. The molecule has 7 heteroatoms. The van der Waals surface area contributed by atoms with Gasteiger partial charge in [-0.3, -0.25) is 9.59 Å². The van der Waals surface area contributed by atoms with E-state index in [0.29, 0.717) is 31.1 Å². The molecule has 2 saturated heterocycles. The van der Waals surface area contributed by atoms with Crippen LogP contribution in [-0.2, 0) is 9.59 Å². The van der Waals surface area contributed by atoms with Gasteiger partial charge in [0.2, 0.25) is 5.91 Å². The third kappa shape index (κ3) is 4.33. The topological polar surface area (TPSA) is 90.0 Å². The van der Waals surface area contributed by atoms with Crippen LogP contribution in [0.5, 0.6) is 0 Å². The van der Waals surface area contributed by atoms with Crippen LogP contribution in [0.15, 0.2) is 24.3 Å². The van der Waals surface area contributed by atoms with Gasteiger partial charge in [-0.05, 0) is 49.3 Å². The van der Waals surface area contributed by atoms with Gasteiger partial charge in [0.1, 0.15) is 6.04 Å². The smallest absolute Gasteiger partial charge is 0.329 e. The number of nitrogens with zero attached hydrogens (tertiary/aromatic N) is 2. The molecule has 3 aliphatic rings. The number of likely N-dealkylation sites (tertiary alicyclic amines) is 1. The highest BCUT2D eigenvalue weighted by molar-refractivity contribution is 6.21. The van der Waals surface area contributed by atoms with Gasteiger partial charge in [-0.2, -0.15) is 0 Å². The molecule has 2 aliphatic heterocycles. The van der Waals surface area contributed by atoms with Crippen LogP contribution in [0.1, 0.15) is 70.3 Å². The molecule has 1 aliphatic carbocycles. The van der Waals surface area contributed by atoms with Crippen LogP contribution in [0, 0.1) is 5.92 Å². The molecule has 0 bridgehead atoms. The number of hydrogen-bond acceptors (Lipinski definition) is 4. The highest BCUT2D eigenvalue weighted by atomic mass is 16.3. The molecule has 2 heterocycles. The molecule has 0 unspecified atom stereocenters. The number of rotatable bonds is 5. The van der Waals surface area contributed by atoms with E-state index in [1.807, 2.05) is 17.0 Å². The number of imide groups is 1. The van der Waals surface area contributed by atoms with E-state index in [9.17, 15) is 19.5 Å². The number of aliphatic hydroxyl groups is 1. The van der Waals surface area contributed by atoms with Crippen molar-refractivity contribution >= 4 is 23.5 Å². The third-order valence-electron chi connectivity index (χ3n) is 7.26. The second-order valence-electron chi connectivity index (χ2n) is 9.60. The average Bonchev–Trinajstić information content (AvgIpc) is 3.04. The maximum Gasteiger partial charge on any atom is 0.329 e. The molecule has 1 aromatic carbocycles. The van der Waals surface area contributed by atoms with Crippen molar-refractivity contribution in [2.24, 2.45) is 5.92 Å². The Kier molecular flexibility index (Phi) is 6.06. The SMILES string of the molecule is CC(C)c1ccc(N2C(=O)N[C@H](CCC(=O)N3CC[C@@]4(O)CCCC[C@@H]4C3)C2=O)cc1. The number of benzene rings is 1. The molecule has 3 fully saturated rings. The van der Waals surface area contributed by atoms with Gasteiger partial charge in [-0.1, -0.05) is 38.8 Å². The van der Waals surface area contributed by atoms with E-state index < -0.39 is 17.7 Å². The van der Waals surface area contributed by atoms with Crippen LogP contribution in [0.3, 0.4) is 0 Å². The van der Waals surface area contributed by atoms with Crippen molar-refractivity contribution in [1.82, 2.24) is 10.2 Å². The fourth-order valence-electron chi connectivity index (χ4n) is 5.20. The molecule has 1 saturated carbocycles. The summed E-state index contributed by atoms with van der Waals surface area (Å²) in [6.07, 6.45) is 5.07. The van der Waals surface area contributed by atoms with E-state index in [0.717, 1.165) is 31.2 Å². The van der Waals surface area contributed by atoms with E-state index in [4.69, 9.17) is 0 Å². The van der Waals surface area contributed by atoms with Crippen LogP contribution in [0.4, 0.5) is 10.5 Å². The first-order chi connectivity index (χ1) is 14.8. The molecular formula is C24H33N3O4. The largest absolute Gasteiger partial charge is 0.389 e. The summed E-state index contributed by atoms with van der Waals surface area (Å²) in [5.41, 5.74) is 1.08. The van der Waals surface area contributed by atoms with E-state index in [2.05, 4.69) is 19.2 Å². The first-order valence-electron chi connectivity index (χ1n) is 11.5. The lowest BCUT2D eigenvalue weighted by Crippen LogP contribution is -2.54. The van der Waals surface area contributed by atoms with Crippen LogP contribution in [0.2, 0.25) is 0 Å². The Morgan fingerprint density at radius 3 is 2.65 bits per heavy atom. The Morgan fingerprint density at radius 1 is 1.19 bits per heavy atom. The molecule has 168 valence electrons. The highest BCUT2D eigenvalue weighted by Gasteiger charge is 2.44. The number of amides is 4. The lowest BCUT2D eigenvalue weighted by Gasteiger charge is -2.47. The number of carbonyl (C=O) groups excluding carboxylic acids is 3. The molecule has 3 atom stereocenters. The second-order valence-corrected chi connectivity index (χ2v) is 9.60. The Morgan fingerprint density at radius 2 is 1.94 bits per heavy atom. The van der Waals surface area contributed by atoms with Gasteiger partial charge in [0.05, 0.1) is 11.3 Å². The predicted octanol–water partition coefficient (Wildman–Crippen LogP) is 3.17. The Labute approximate surface area is 183 Å². The fourth-order valence-corrected chi connectivity index (χ4v) is 5.20. The van der Waals surface area contributed by atoms with Crippen LogP contribution in [-0.4, -0.2) is 52.6 Å². The van der Waals surface area contributed by atoms with Gasteiger partial charge in [0.15, 0.2) is 0 Å². The van der Waals surface area contributed by atoms with E-state index in [1.54, 1.807) is 12.1 Å². The van der Waals surface area contributed by atoms with Crippen molar-refractivity contribution in [2.75, 3.05) is 18.0 Å². The van der Waals surface area contributed by atoms with Crippen molar-refractivity contribution in [3.8, 4) is 0 Å². The maximum absolute atomic E-state index is 12.8. The summed E-state index contributed by atoms with van der Waals surface area (Å²) >= 11 is 0. The second kappa shape index (κ2) is 8.61. The number of carbonyl (C=O) groups is 3. The highest BCUT2D eigenvalue weighted by Crippen LogP contribution is 2.40. The van der Waals surface area contributed by atoms with Gasteiger partial charge in [0, 0.05) is 25.4 Å². The lowest BCUT2D eigenvalue weighted by atomic mass is 9.71. The minimum Gasteiger partial charge on any atom is -0.389 e. The lowest BCUT2D eigenvalue weighted by molar-refractivity contribution is -0.143. The summed E-state index contributed by atoms with van der Waals surface area (Å²) in [5, 5.41) is 13.5. The monoisotopic (exact) mass is 427 g/mol. The summed E-state index contributed by atoms with van der Waals surface area (Å²) in [5.74, 6) is 0.205. The molecule has 0 radical (unpaired) electrons. The maximum atomic E-state index is 12.8. The molecule has 4 rings (SSSR count). The zero-order valence-electron chi connectivity index (χ0n) is 18.5. The molecular weight excluding hydrogens is 394 g/mol. The Bertz CT molecular complexity index is 853. The summed E-state index contributed by atoms with van der Waals surface area (Å²) in [7, 11) is 0. The first-order valence-corrected chi connectivity index (χ1v) is 11.5. The van der Waals surface area contributed by atoms with Crippen molar-refractivity contribution in [3.05, 3.63) is 29.8 Å². The van der Waals surface area contributed by atoms with Crippen LogP contribution < -0.4 is 10.2 Å². The number of urea groups is 1. The molecule has 1 aromatic rings. The van der Waals surface area contributed by atoms with Crippen molar-refractivity contribution in [3.63, 3.8) is 0 Å². The van der Waals surface area contributed by atoms with Gasteiger partial charge in [0.25, 0.3) is 5.91 Å². The van der Waals surface area contributed by atoms with Crippen LogP contribution >= 0.6 is 0 Å². The molecule has 7 nitrogen and oxygen atoms in total. The number of nitrogens with one attached hydrogen (secondary N) is 1. The number of hydrogen-bond donors (Lipinski definition) is 2. The fraction of sp³-hybridized carbons (Fsp3) is 0.625. The molecule has 31 heavy (non-hydrogen) atoms. The number of anilines is 1. The number of piperidine rings is 1. The molecule has 2 N–H and O–H groups in total. The normalized spacial score (nSPS) is 28.6. The summed E-state index contributed by atoms with van der Waals surface area (Å²) in [6, 6.07) is 6.32. The van der Waals surface area contributed by atoms with Gasteiger partial charge < -0.3 is 15.3 Å².